The van der Waals surface area contributed by atoms with Crippen LogP contribution in [0.5, 0.6) is 0 Å². The van der Waals surface area contributed by atoms with Gasteiger partial charge < -0.3 is 24.9 Å². The monoisotopic (exact) mass is 387 g/mol. The highest BCUT2D eigenvalue weighted by molar-refractivity contribution is 6.01. The Labute approximate surface area is 156 Å². The fraction of sp³-hybridized carbons (Fsp3) is 0.688. The van der Waals surface area contributed by atoms with Crippen LogP contribution in [0.25, 0.3) is 0 Å². The van der Waals surface area contributed by atoms with E-state index < -0.39 is 36.0 Å². The van der Waals surface area contributed by atoms with Gasteiger partial charge in [-0.25, -0.2) is 14.4 Å². The standard InChI is InChI=1S/C16H25N3O8/c1-3-25-15(23)17-10-6-5-7-11(18-16(24)26-4-2)14(22)27-19-12(20)8-9-13(19)21/h11H,3-10H2,1-2H3,(H,17,23)(H,18,24). The zero-order chi connectivity index (χ0) is 20.2. The molecule has 1 fully saturated rings. The van der Waals surface area contributed by atoms with Crippen molar-refractivity contribution < 1.29 is 38.3 Å². The highest BCUT2D eigenvalue weighted by Crippen LogP contribution is 2.14. The van der Waals surface area contributed by atoms with E-state index in [2.05, 4.69) is 10.6 Å². The third-order valence-corrected chi connectivity index (χ3v) is 3.50. The molecule has 0 bridgehead atoms. The van der Waals surface area contributed by atoms with Crippen LogP contribution in [0.3, 0.4) is 0 Å². The lowest BCUT2D eigenvalue weighted by molar-refractivity contribution is -0.199. The van der Waals surface area contributed by atoms with E-state index >= 15 is 0 Å². The van der Waals surface area contributed by atoms with Crippen molar-refractivity contribution in [2.24, 2.45) is 0 Å². The number of nitrogens with zero attached hydrogens (tertiary/aromatic N) is 1. The van der Waals surface area contributed by atoms with Crippen LogP contribution in [-0.2, 0) is 28.7 Å². The third-order valence-electron chi connectivity index (χ3n) is 3.50. The summed E-state index contributed by atoms with van der Waals surface area (Å²) >= 11 is 0. The summed E-state index contributed by atoms with van der Waals surface area (Å²) in [5.41, 5.74) is 0. The van der Waals surface area contributed by atoms with Gasteiger partial charge in [0.05, 0.1) is 13.2 Å². The van der Waals surface area contributed by atoms with Crippen LogP contribution in [0.1, 0.15) is 46.0 Å². The van der Waals surface area contributed by atoms with Gasteiger partial charge in [-0.2, -0.15) is 0 Å². The predicted molar refractivity (Wildman–Crippen MR) is 90.0 cm³/mol. The summed E-state index contributed by atoms with van der Waals surface area (Å²) in [6.07, 6.45) is -0.288. The molecule has 1 atom stereocenters. The first-order chi connectivity index (χ1) is 12.9. The molecule has 0 aromatic heterocycles. The molecule has 1 unspecified atom stereocenters. The number of hydrogen-bond acceptors (Lipinski definition) is 8. The Hall–Kier alpha value is -2.85. The van der Waals surface area contributed by atoms with E-state index in [0.29, 0.717) is 24.4 Å². The molecule has 27 heavy (non-hydrogen) atoms. The van der Waals surface area contributed by atoms with Crippen molar-refractivity contribution in [3.05, 3.63) is 0 Å². The van der Waals surface area contributed by atoms with Crippen molar-refractivity contribution in [3.8, 4) is 0 Å². The topological polar surface area (TPSA) is 140 Å². The van der Waals surface area contributed by atoms with Gasteiger partial charge in [0.1, 0.15) is 6.04 Å². The molecule has 152 valence electrons. The molecule has 0 aromatic carbocycles. The fourth-order valence-corrected chi connectivity index (χ4v) is 2.22. The molecule has 0 aromatic rings. The van der Waals surface area contributed by atoms with Gasteiger partial charge in [-0.1, -0.05) is 0 Å². The van der Waals surface area contributed by atoms with Gasteiger partial charge in [0.2, 0.25) is 0 Å². The van der Waals surface area contributed by atoms with Crippen molar-refractivity contribution in [2.75, 3.05) is 19.8 Å². The summed E-state index contributed by atoms with van der Waals surface area (Å²) in [5.74, 6) is -2.16. The van der Waals surface area contributed by atoms with Crippen LogP contribution < -0.4 is 10.6 Å². The molecule has 1 heterocycles. The highest BCUT2D eigenvalue weighted by Gasteiger charge is 2.35. The number of carbonyl (C=O) groups excluding carboxylic acids is 5. The minimum Gasteiger partial charge on any atom is -0.450 e. The van der Waals surface area contributed by atoms with Gasteiger partial charge in [0.15, 0.2) is 0 Å². The Bertz CT molecular complexity index is 550. The number of amides is 4. The molecule has 0 radical (unpaired) electrons. The normalized spacial score (nSPS) is 14.5. The Balaban J connectivity index is 2.52. The first-order valence-corrected chi connectivity index (χ1v) is 8.80. The molecule has 1 aliphatic heterocycles. The molecule has 1 rings (SSSR count). The third kappa shape index (κ3) is 7.92. The Morgan fingerprint density at radius 3 is 2.19 bits per heavy atom. The van der Waals surface area contributed by atoms with E-state index in [-0.39, 0.29) is 32.5 Å². The van der Waals surface area contributed by atoms with E-state index in [4.69, 9.17) is 14.3 Å². The maximum absolute atomic E-state index is 12.3. The number of alkyl carbamates (subject to hydrolysis) is 2. The smallest absolute Gasteiger partial charge is 0.407 e. The lowest BCUT2D eigenvalue weighted by Crippen LogP contribution is -2.45. The number of rotatable bonds is 10. The molecule has 0 spiro atoms. The summed E-state index contributed by atoms with van der Waals surface area (Å²) in [6, 6.07) is -1.10. The second kappa shape index (κ2) is 11.7. The minimum absolute atomic E-state index is 0.0262. The van der Waals surface area contributed by atoms with E-state index in [1.165, 1.54) is 0 Å². The molecule has 2 N–H and O–H groups in total. The molecule has 0 saturated carbocycles. The SMILES string of the molecule is CCOC(=O)NCCCCC(NC(=O)OCC)C(=O)ON1C(=O)CCC1=O. The highest BCUT2D eigenvalue weighted by atomic mass is 16.7. The quantitative estimate of drug-likeness (QED) is 0.411. The lowest BCUT2D eigenvalue weighted by Gasteiger charge is -2.20. The Morgan fingerprint density at radius 2 is 1.59 bits per heavy atom. The van der Waals surface area contributed by atoms with E-state index in [1.807, 2.05) is 0 Å². The van der Waals surface area contributed by atoms with Crippen LogP contribution >= 0.6 is 0 Å². The number of ether oxygens (including phenoxy) is 2. The molecule has 4 amide bonds. The molecule has 11 heteroatoms. The van der Waals surface area contributed by atoms with Crippen molar-refractivity contribution in [3.63, 3.8) is 0 Å². The maximum atomic E-state index is 12.3. The summed E-state index contributed by atoms with van der Waals surface area (Å²) in [6.45, 7) is 3.99. The second-order valence-corrected chi connectivity index (χ2v) is 5.55. The van der Waals surface area contributed by atoms with Crippen LogP contribution in [0, 0.1) is 0 Å². The molecule has 1 saturated heterocycles. The largest absolute Gasteiger partial charge is 0.450 e. The lowest BCUT2D eigenvalue weighted by atomic mass is 10.1. The van der Waals surface area contributed by atoms with Crippen LogP contribution in [0.15, 0.2) is 0 Å². The molecule has 1 aliphatic rings. The Morgan fingerprint density at radius 1 is 1.00 bits per heavy atom. The van der Waals surface area contributed by atoms with Gasteiger partial charge in [0, 0.05) is 19.4 Å². The number of carbonyl (C=O) groups is 5. The van der Waals surface area contributed by atoms with Crippen LogP contribution in [0.2, 0.25) is 0 Å². The fourth-order valence-electron chi connectivity index (χ4n) is 2.22. The van der Waals surface area contributed by atoms with E-state index in [0.717, 1.165) is 0 Å². The van der Waals surface area contributed by atoms with Gasteiger partial charge in [-0.15, -0.1) is 5.06 Å². The Kier molecular flexibility index (Phi) is 9.62. The number of unbranched alkanes of at least 4 members (excludes halogenated alkanes) is 1. The zero-order valence-electron chi connectivity index (χ0n) is 15.4. The molecular formula is C16H25N3O8. The van der Waals surface area contributed by atoms with Crippen molar-refractivity contribution in [1.29, 1.82) is 0 Å². The zero-order valence-corrected chi connectivity index (χ0v) is 15.4. The van der Waals surface area contributed by atoms with Crippen molar-refractivity contribution >= 4 is 30.0 Å². The maximum Gasteiger partial charge on any atom is 0.407 e. The van der Waals surface area contributed by atoms with Crippen molar-refractivity contribution in [2.45, 2.75) is 52.0 Å². The van der Waals surface area contributed by atoms with Crippen molar-refractivity contribution in [1.82, 2.24) is 15.7 Å². The van der Waals surface area contributed by atoms with E-state index in [9.17, 15) is 24.0 Å². The number of hydroxylamine groups is 2. The van der Waals surface area contributed by atoms with Crippen LogP contribution in [-0.4, -0.2) is 60.8 Å². The first kappa shape index (κ1) is 22.2. The average molecular weight is 387 g/mol. The summed E-state index contributed by atoms with van der Waals surface area (Å²) in [5, 5.41) is 5.30. The van der Waals surface area contributed by atoms with Gasteiger partial charge in [-0.3, -0.25) is 9.59 Å². The molecular weight excluding hydrogens is 362 g/mol. The van der Waals surface area contributed by atoms with E-state index in [1.54, 1.807) is 13.8 Å². The minimum atomic E-state index is -1.10. The average Bonchev–Trinajstić information content (AvgIpc) is 2.92. The first-order valence-electron chi connectivity index (χ1n) is 8.80. The number of hydrogen-bond donors (Lipinski definition) is 2. The second-order valence-electron chi connectivity index (χ2n) is 5.55. The summed E-state index contributed by atoms with van der Waals surface area (Å²) < 4.78 is 9.46. The summed E-state index contributed by atoms with van der Waals surface area (Å²) in [4.78, 5) is 63.0. The van der Waals surface area contributed by atoms with Gasteiger partial charge >= 0.3 is 18.2 Å². The summed E-state index contributed by atoms with van der Waals surface area (Å²) in [7, 11) is 0. The number of imide groups is 1. The predicted octanol–water partition coefficient (Wildman–Crippen LogP) is 0.625. The molecule has 0 aliphatic carbocycles. The molecule has 11 nitrogen and oxygen atoms in total. The van der Waals surface area contributed by atoms with Gasteiger partial charge in [0.25, 0.3) is 11.8 Å². The van der Waals surface area contributed by atoms with Gasteiger partial charge in [-0.05, 0) is 33.1 Å². The number of nitrogens with one attached hydrogen (secondary N) is 2. The van der Waals surface area contributed by atoms with Crippen LogP contribution in [0.4, 0.5) is 9.59 Å².